The number of anilines is 1. The van der Waals surface area contributed by atoms with Crippen molar-refractivity contribution >= 4 is 28.9 Å². The Bertz CT molecular complexity index is 815. The molecule has 3 atom stereocenters. The standard InChI is InChI=1S/C17H22N4O8/c1-10(22)19(3)9-13-5-7-15(17(29-13)28-11(2)23)18-14-6-4-12(20(24)25)8-16(14)21(26)27/h4,6,8,13,15,17-18H,5,7,9H2,1-3H3/t13-,15+,17+/m0/s1. The third-order valence-electron chi connectivity index (χ3n) is 4.48. The van der Waals surface area contributed by atoms with E-state index in [2.05, 4.69) is 5.32 Å². The Hall–Kier alpha value is -3.28. The number of nitrogens with zero attached hydrogens (tertiary/aromatic N) is 3. The molecule has 1 aromatic rings. The Morgan fingerprint density at radius 1 is 1.24 bits per heavy atom. The molecule has 0 aliphatic carbocycles. The monoisotopic (exact) mass is 410 g/mol. The second-order valence-electron chi connectivity index (χ2n) is 6.68. The van der Waals surface area contributed by atoms with Gasteiger partial charge in [-0.2, -0.15) is 0 Å². The first-order valence-electron chi connectivity index (χ1n) is 8.82. The molecule has 1 aliphatic heterocycles. The highest BCUT2D eigenvalue weighted by molar-refractivity contribution is 5.72. The maximum Gasteiger partial charge on any atom is 0.305 e. The fourth-order valence-electron chi connectivity index (χ4n) is 2.94. The highest BCUT2D eigenvalue weighted by atomic mass is 16.7. The molecule has 29 heavy (non-hydrogen) atoms. The van der Waals surface area contributed by atoms with E-state index < -0.39 is 39.5 Å². The normalized spacial score (nSPS) is 21.1. The lowest BCUT2D eigenvalue weighted by atomic mass is 10.0. The summed E-state index contributed by atoms with van der Waals surface area (Å²) in [5.41, 5.74) is -0.837. The average Bonchev–Trinajstić information content (AvgIpc) is 2.63. The maximum atomic E-state index is 11.5. The molecule has 1 heterocycles. The minimum Gasteiger partial charge on any atom is -0.434 e. The number of nitrogens with one attached hydrogen (secondary N) is 1. The number of hydrogen-bond acceptors (Lipinski definition) is 9. The molecular formula is C17H22N4O8. The second-order valence-corrected chi connectivity index (χ2v) is 6.68. The molecule has 1 fully saturated rings. The van der Waals surface area contributed by atoms with Crippen molar-refractivity contribution in [2.45, 2.75) is 45.1 Å². The first-order valence-corrected chi connectivity index (χ1v) is 8.82. The Kier molecular flexibility index (Phi) is 7.04. The molecule has 0 bridgehead atoms. The van der Waals surface area contributed by atoms with Crippen LogP contribution in [0.25, 0.3) is 0 Å². The van der Waals surface area contributed by atoms with Crippen LogP contribution < -0.4 is 5.32 Å². The van der Waals surface area contributed by atoms with Crippen LogP contribution in [0.4, 0.5) is 17.1 Å². The summed E-state index contributed by atoms with van der Waals surface area (Å²) in [6.07, 6.45) is -0.476. The van der Waals surface area contributed by atoms with Crippen molar-refractivity contribution in [2.75, 3.05) is 18.9 Å². The molecular weight excluding hydrogens is 388 g/mol. The van der Waals surface area contributed by atoms with Crippen molar-refractivity contribution in [2.24, 2.45) is 0 Å². The molecule has 158 valence electrons. The maximum absolute atomic E-state index is 11.5. The van der Waals surface area contributed by atoms with Gasteiger partial charge in [-0.3, -0.25) is 29.8 Å². The molecule has 2 rings (SSSR count). The molecule has 1 amide bonds. The Balaban J connectivity index is 2.20. The van der Waals surface area contributed by atoms with Crippen molar-refractivity contribution in [1.29, 1.82) is 0 Å². The van der Waals surface area contributed by atoms with E-state index in [1.807, 2.05) is 0 Å². The SMILES string of the molecule is CC(=O)O[C@@H]1O[C@H](CN(C)C(C)=O)CC[C@H]1Nc1ccc([N+](=O)[O-])cc1[N+](=O)[O-]. The predicted octanol–water partition coefficient (Wildman–Crippen LogP) is 1.83. The molecule has 0 saturated carbocycles. The Labute approximate surface area is 166 Å². The van der Waals surface area contributed by atoms with Gasteiger partial charge >= 0.3 is 5.97 Å². The largest absolute Gasteiger partial charge is 0.434 e. The summed E-state index contributed by atoms with van der Waals surface area (Å²) in [5, 5.41) is 25.1. The quantitative estimate of drug-likeness (QED) is 0.402. The summed E-state index contributed by atoms with van der Waals surface area (Å²) in [6, 6.07) is 2.62. The van der Waals surface area contributed by atoms with Gasteiger partial charge in [0.2, 0.25) is 12.2 Å². The number of hydrogen-bond donors (Lipinski definition) is 1. The Morgan fingerprint density at radius 3 is 2.48 bits per heavy atom. The molecule has 1 N–H and O–H groups in total. The first kappa shape index (κ1) is 22.0. The van der Waals surface area contributed by atoms with Gasteiger partial charge in [-0.15, -0.1) is 0 Å². The van der Waals surface area contributed by atoms with Crippen LogP contribution in [-0.2, 0) is 19.1 Å². The van der Waals surface area contributed by atoms with Crippen LogP contribution in [0.2, 0.25) is 0 Å². The molecule has 0 radical (unpaired) electrons. The van der Waals surface area contributed by atoms with E-state index in [0.717, 1.165) is 12.1 Å². The fourth-order valence-corrected chi connectivity index (χ4v) is 2.94. The lowest BCUT2D eigenvalue weighted by Gasteiger charge is -2.37. The van der Waals surface area contributed by atoms with Crippen molar-refractivity contribution in [1.82, 2.24) is 4.90 Å². The van der Waals surface area contributed by atoms with Gasteiger partial charge in [-0.1, -0.05) is 0 Å². The van der Waals surface area contributed by atoms with Gasteiger partial charge in [0.05, 0.1) is 28.1 Å². The topological polar surface area (TPSA) is 154 Å². The number of rotatable bonds is 7. The number of amides is 1. The van der Waals surface area contributed by atoms with Crippen molar-refractivity contribution in [3.63, 3.8) is 0 Å². The van der Waals surface area contributed by atoms with Gasteiger partial charge in [-0.25, -0.2) is 0 Å². The fraction of sp³-hybridized carbons (Fsp3) is 0.529. The van der Waals surface area contributed by atoms with E-state index in [1.165, 1.54) is 24.8 Å². The van der Waals surface area contributed by atoms with Crippen LogP contribution in [0.5, 0.6) is 0 Å². The van der Waals surface area contributed by atoms with Gasteiger partial charge < -0.3 is 19.7 Å². The van der Waals surface area contributed by atoms with Gasteiger partial charge in [0.15, 0.2) is 0 Å². The molecule has 1 aromatic carbocycles. The van der Waals surface area contributed by atoms with E-state index in [-0.39, 0.29) is 17.7 Å². The minimum atomic E-state index is -1.04. The third-order valence-corrected chi connectivity index (χ3v) is 4.48. The zero-order valence-corrected chi connectivity index (χ0v) is 16.2. The van der Waals surface area contributed by atoms with Crippen LogP contribution in [-0.4, -0.2) is 58.7 Å². The minimum absolute atomic E-state index is 0.0469. The zero-order chi connectivity index (χ0) is 21.7. The molecule has 12 heteroatoms. The van der Waals surface area contributed by atoms with Crippen LogP contribution in [0.1, 0.15) is 26.7 Å². The van der Waals surface area contributed by atoms with E-state index in [9.17, 15) is 29.8 Å². The third kappa shape index (κ3) is 5.85. The predicted molar refractivity (Wildman–Crippen MR) is 100 cm³/mol. The molecule has 12 nitrogen and oxygen atoms in total. The highest BCUT2D eigenvalue weighted by Crippen LogP contribution is 2.32. The van der Waals surface area contributed by atoms with Crippen LogP contribution in [0.3, 0.4) is 0 Å². The number of benzene rings is 1. The highest BCUT2D eigenvalue weighted by Gasteiger charge is 2.35. The number of nitro benzene ring substituents is 2. The van der Waals surface area contributed by atoms with E-state index in [4.69, 9.17) is 9.47 Å². The summed E-state index contributed by atoms with van der Waals surface area (Å²) in [4.78, 5) is 45.1. The van der Waals surface area contributed by atoms with Gasteiger partial charge in [-0.05, 0) is 18.9 Å². The zero-order valence-electron chi connectivity index (χ0n) is 16.2. The number of nitro groups is 2. The average molecular weight is 410 g/mol. The number of likely N-dealkylation sites (N-methyl/N-ethyl adjacent to an activating group) is 1. The van der Waals surface area contributed by atoms with Crippen LogP contribution >= 0.6 is 0 Å². The van der Waals surface area contributed by atoms with E-state index in [1.54, 1.807) is 7.05 Å². The number of ether oxygens (including phenoxy) is 2. The van der Waals surface area contributed by atoms with Crippen LogP contribution in [0.15, 0.2) is 18.2 Å². The van der Waals surface area contributed by atoms with Gasteiger partial charge in [0.25, 0.3) is 11.4 Å². The van der Waals surface area contributed by atoms with Crippen LogP contribution in [0, 0.1) is 20.2 Å². The molecule has 0 unspecified atom stereocenters. The lowest BCUT2D eigenvalue weighted by Crippen LogP contribution is -2.48. The molecule has 1 saturated heterocycles. The number of carbonyl (C=O) groups is 2. The van der Waals surface area contributed by atoms with Crippen molar-refractivity contribution < 1.29 is 28.9 Å². The summed E-state index contributed by atoms with van der Waals surface area (Å²) >= 11 is 0. The van der Waals surface area contributed by atoms with Crippen molar-refractivity contribution in [3.8, 4) is 0 Å². The summed E-state index contributed by atoms with van der Waals surface area (Å²) in [5.74, 6) is -0.736. The van der Waals surface area contributed by atoms with Gasteiger partial charge in [0, 0.05) is 33.5 Å². The first-order chi connectivity index (χ1) is 13.6. The Morgan fingerprint density at radius 2 is 1.93 bits per heavy atom. The summed E-state index contributed by atoms with van der Waals surface area (Å²) in [7, 11) is 1.62. The van der Waals surface area contributed by atoms with Crippen molar-refractivity contribution in [3.05, 3.63) is 38.4 Å². The number of non-ortho nitro benzene ring substituents is 1. The summed E-state index contributed by atoms with van der Waals surface area (Å²) < 4.78 is 11.0. The number of carbonyl (C=O) groups excluding carboxylic acids is 2. The smallest absolute Gasteiger partial charge is 0.305 e. The molecule has 0 spiro atoms. The van der Waals surface area contributed by atoms with Gasteiger partial charge in [0.1, 0.15) is 5.69 Å². The molecule has 0 aromatic heterocycles. The molecule has 1 aliphatic rings. The summed E-state index contributed by atoms with van der Waals surface area (Å²) in [6.45, 7) is 2.93. The van der Waals surface area contributed by atoms with E-state index >= 15 is 0 Å². The second kappa shape index (κ2) is 9.28. The van der Waals surface area contributed by atoms with E-state index in [0.29, 0.717) is 19.4 Å². The number of esters is 1. The lowest BCUT2D eigenvalue weighted by molar-refractivity contribution is -0.393.